The average molecular weight is 350 g/mol. The summed E-state index contributed by atoms with van der Waals surface area (Å²) in [5, 5.41) is 3.80. The number of thioether (sulfide) groups is 1. The molecule has 0 aromatic heterocycles. The zero-order chi connectivity index (χ0) is 16.7. The molecular weight excluding hydrogens is 332 g/mol. The molecule has 1 N–H and O–H groups in total. The first-order chi connectivity index (χ1) is 11.0. The number of hydrazone groups is 1. The maximum Gasteiger partial charge on any atom is 0.276 e. The van der Waals surface area contributed by atoms with E-state index >= 15 is 0 Å². The minimum Gasteiger partial charge on any atom is -0.494 e. The van der Waals surface area contributed by atoms with E-state index in [4.69, 9.17) is 4.74 Å². The fraction of sp³-hybridized carbons (Fsp3) is 0.188. The molecule has 0 aliphatic carbocycles. The van der Waals surface area contributed by atoms with Gasteiger partial charge in [-0.2, -0.15) is 13.5 Å². The fourth-order valence-corrected chi connectivity index (χ4v) is 2.99. The highest BCUT2D eigenvalue weighted by Gasteiger charge is 2.12. The maximum atomic E-state index is 12.1. The van der Waals surface area contributed by atoms with Crippen molar-refractivity contribution < 1.29 is 13.2 Å². The smallest absolute Gasteiger partial charge is 0.276 e. The summed E-state index contributed by atoms with van der Waals surface area (Å²) >= 11 is 1.64. The van der Waals surface area contributed by atoms with E-state index in [9.17, 15) is 8.42 Å². The molecule has 7 heteroatoms. The van der Waals surface area contributed by atoms with Crippen LogP contribution in [0.1, 0.15) is 12.5 Å². The van der Waals surface area contributed by atoms with E-state index in [-0.39, 0.29) is 4.90 Å². The zero-order valence-corrected chi connectivity index (χ0v) is 14.5. The number of ether oxygens (including phenoxy) is 1. The van der Waals surface area contributed by atoms with Crippen molar-refractivity contribution in [3.05, 3.63) is 54.1 Å². The van der Waals surface area contributed by atoms with Gasteiger partial charge in [-0.3, -0.25) is 0 Å². The lowest BCUT2D eigenvalue weighted by Gasteiger charge is -2.05. The van der Waals surface area contributed by atoms with Crippen LogP contribution in [0.5, 0.6) is 5.75 Å². The Morgan fingerprint density at radius 2 is 1.78 bits per heavy atom. The molecular formula is C16H18N2O3S2. The van der Waals surface area contributed by atoms with Crippen molar-refractivity contribution >= 4 is 28.0 Å². The monoisotopic (exact) mass is 350 g/mol. The Kier molecular flexibility index (Phi) is 6.06. The molecule has 0 bridgehead atoms. The topological polar surface area (TPSA) is 67.8 Å². The van der Waals surface area contributed by atoms with Crippen molar-refractivity contribution in [2.75, 3.05) is 12.9 Å². The summed E-state index contributed by atoms with van der Waals surface area (Å²) < 4.78 is 29.5. The number of benzene rings is 2. The molecule has 122 valence electrons. The lowest BCUT2D eigenvalue weighted by molar-refractivity contribution is 0.340. The summed E-state index contributed by atoms with van der Waals surface area (Å²) in [5.74, 6) is 0.629. The largest absolute Gasteiger partial charge is 0.494 e. The second-order valence-electron chi connectivity index (χ2n) is 4.53. The SMILES string of the molecule is CCOc1ccc(S(=O)(=O)N/N=C\c2ccc(SC)cc2)cc1. The summed E-state index contributed by atoms with van der Waals surface area (Å²) in [6.45, 7) is 2.40. The summed E-state index contributed by atoms with van der Waals surface area (Å²) in [7, 11) is -3.68. The van der Waals surface area contributed by atoms with E-state index in [1.54, 1.807) is 23.9 Å². The fourth-order valence-electron chi connectivity index (χ4n) is 1.79. The molecule has 0 fully saturated rings. The molecule has 0 spiro atoms. The van der Waals surface area contributed by atoms with Crippen molar-refractivity contribution in [1.29, 1.82) is 0 Å². The Morgan fingerprint density at radius 1 is 1.13 bits per heavy atom. The molecule has 0 atom stereocenters. The first-order valence-corrected chi connectivity index (χ1v) is 9.67. The van der Waals surface area contributed by atoms with Gasteiger partial charge in [0.1, 0.15) is 5.75 Å². The number of sulfonamides is 1. The van der Waals surface area contributed by atoms with Crippen molar-refractivity contribution in [2.24, 2.45) is 5.10 Å². The van der Waals surface area contributed by atoms with Crippen molar-refractivity contribution in [2.45, 2.75) is 16.7 Å². The second-order valence-corrected chi connectivity index (χ2v) is 7.07. The van der Waals surface area contributed by atoms with E-state index in [0.717, 1.165) is 10.5 Å². The molecule has 23 heavy (non-hydrogen) atoms. The first-order valence-electron chi connectivity index (χ1n) is 6.97. The van der Waals surface area contributed by atoms with Crippen molar-refractivity contribution in [3.8, 4) is 5.75 Å². The highest BCUT2D eigenvalue weighted by atomic mass is 32.2. The van der Waals surface area contributed by atoms with Gasteiger partial charge in [-0.25, -0.2) is 4.83 Å². The van der Waals surface area contributed by atoms with Crippen LogP contribution in [0.15, 0.2) is 63.4 Å². The van der Waals surface area contributed by atoms with Gasteiger partial charge >= 0.3 is 0 Å². The molecule has 5 nitrogen and oxygen atoms in total. The molecule has 0 radical (unpaired) electrons. The molecule has 2 rings (SSSR count). The maximum absolute atomic E-state index is 12.1. The number of nitrogens with one attached hydrogen (secondary N) is 1. The Morgan fingerprint density at radius 3 is 2.35 bits per heavy atom. The normalized spacial score (nSPS) is 11.6. The number of hydrogen-bond acceptors (Lipinski definition) is 5. The molecule has 0 saturated carbocycles. The third-order valence-electron chi connectivity index (χ3n) is 2.95. The van der Waals surface area contributed by atoms with Crippen molar-refractivity contribution in [1.82, 2.24) is 4.83 Å². The summed E-state index contributed by atoms with van der Waals surface area (Å²) in [6.07, 6.45) is 3.46. The average Bonchev–Trinajstić information content (AvgIpc) is 2.56. The van der Waals surface area contributed by atoms with Crippen LogP contribution in [0.4, 0.5) is 0 Å². The lowest BCUT2D eigenvalue weighted by Crippen LogP contribution is -2.18. The Labute approximate surface area is 140 Å². The molecule has 0 aliphatic heterocycles. The molecule has 2 aromatic carbocycles. The van der Waals surface area contributed by atoms with Gasteiger partial charge in [-0.05, 0) is 55.1 Å². The highest BCUT2D eigenvalue weighted by Crippen LogP contribution is 2.16. The quantitative estimate of drug-likeness (QED) is 0.473. The highest BCUT2D eigenvalue weighted by molar-refractivity contribution is 7.98. The van der Waals surface area contributed by atoms with Gasteiger partial charge in [-0.15, -0.1) is 11.8 Å². The third kappa shape index (κ3) is 5.01. The number of rotatable bonds is 7. The van der Waals surface area contributed by atoms with E-state index in [1.807, 2.05) is 37.4 Å². The Balaban J connectivity index is 2.03. The van der Waals surface area contributed by atoms with Gasteiger partial charge in [0, 0.05) is 4.90 Å². The van der Waals surface area contributed by atoms with Crippen LogP contribution in [-0.4, -0.2) is 27.5 Å². The molecule has 0 heterocycles. The zero-order valence-electron chi connectivity index (χ0n) is 12.9. The first kappa shape index (κ1) is 17.4. The summed E-state index contributed by atoms with van der Waals surface area (Å²) in [6, 6.07) is 13.8. The van der Waals surface area contributed by atoms with Crippen LogP contribution in [0.3, 0.4) is 0 Å². The third-order valence-corrected chi connectivity index (χ3v) is 4.93. The minimum atomic E-state index is -3.68. The van der Waals surface area contributed by atoms with Gasteiger partial charge in [0.2, 0.25) is 0 Å². The predicted molar refractivity (Wildman–Crippen MR) is 93.7 cm³/mol. The van der Waals surface area contributed by atoms with E-state index < -0.39 is 10.0 Å². The van der Waals surface area contributed by atoms with Crippen LogP contribution >= 0.6 is 11.8 Å². The number of nitrogens with zero attached hydrogens (tertiary/aromatic N) is 1. The van der Waals surface area contributed by atoms with E-state index in [0.29, 0.717) is 12.4 Å². The van der Waals surface area contributed by atoms with Crippen LogP contribution < -0.4 is 9.57 Å². The molecule has 0 saturated heterocycles. The minimum absolute atomic E-state index is 0.135. The van der Waals surface area contributed by atoms with Crippen LogP contribution in [0.2, 0.25) is 0 Å². The van der Waals surface area contributed by atoms with Gasteiger partial charge in [0.05, 0.1) is 17.7 Å². The number of hydrogen-bond donors (Lipinski definition) is 1. The van der Waals surface area contributed by atoms with Crippen LogP contribution in [0.25, 0.3) is 0 Å². The molecule has 2 aromatic rings. The summed E-state index contributed by atoms with van der Waals surface area (Å²) in [5.41, 5.74) is 0.817. The van der Waals surface area contributed by atoms with E-state index in [2.05, 4.69) is 9.93 Å². The lowest BCUT2D eigenvalue weighted by atomic mass is 10.2. The van der Waals surface area contributed by atoms with E-state index in [1.165, 1.54) is 18.3 Å². The van der Waals surface area contributed by atoms with Crippen LogP contribution in [-0.2, 0) is 10.0 Å². The molecule has 0 unspecified atom stereocenters. The van der Waals surface area contributed by atoms with Crippen molar-refractivity contribution in [3.63, 3.8) is 0 Å². The Hall–Kier alpha value is -1.99. The van der Waals surface area contributed by atoms with Gasteiger partial charge < -0.3 is 4.74 Å². The van der Waals surface area contributed by atoms with Gasteiger partial charge in [0.25, 0.3) is 10.0 Å². The molecule has 0 aliphatic rings. The Bertz CT molecular complexity index is 755. The standard InChI is InChI=1S/C16H18N2O3S2/c1-3-21-14-6-10-16(11-7-14)23(19,20)18-17-12-13-4-8-15(22-2)9-5-13/h4-12,18H,3H2,1-2H3/b17-12-. The van der Waals surface area contributed by atoms with Crippen LogP contribution in [0, 0.1) is 0 Å². The summed E-state index contributed by atoms with van der Waals surface area (Å²) in [4.78, 5) is 3.47. The predicted octanol–water partition coefficient (Wildman–Crippen LogP) is 3.12. The molecule has 0 amide bonds. The second kappa shape index (κ2) is 8.03. The van der Waals surface area contributed by atoms with Gasteiger partial charge in [0.15, 0.2) is 0 Å². The van der Waals surface area contributed by atoms with Gasteiger partial charge in [-0.1, -0.05) is 12.1 Å².